The molecule has 5 nitrogen and oxygen atoms in total. The van der Waals surface area contributed by atoms with Crippen LogP contribution in [-0.2, 0) is 6.54 Å². The molecule has 0 saturated heterocycles. The third-order valence-electron chi connectivity index (χ3n) is 2.99. The quantitative estimate of drug-likeness (QED) is 0.787. The van der Waals surface area contributed by atoms with Gasteiger partial charge in [0.2, 0.25) is 0 Å². The van der Waals surface area contributed by atoms with Crippen molar-refractivity contribution in [3.63, 3.8) is 0 Å². The van der Waals surface area contributed by atoms with Crippen molar-refractivity contribution in [2.75, 3.05) is 20.2 Å². The maximum Gasteiger partial charge on any atom is 0.273 e. The Morgan fingerprint density at radius 3 is 3.00 bits per heavy atom. The number of nitrogens with zero attached hydrogens (tertiary/aromatic N) is 2. The number of carbonyl (C=O) groups is 1. The molecule has 2 rings (SSSR count). The highest BCUT2D eigenvalue weighted by Crippen LogP contribution is 2.17. The molecule has 2 N–H and O–H groups in total. The zero-order valence-corrected chi connectivity index (χ0v) is 13.9. The van der Waals surface area contributed by atoms with Gasteiger partial charge in [0.25, 0.3) is 5.91 Å². The fourth-order valence-corrected chi connectivity index (χ4v) is 2.68. The van der Waals surface area contributed by atoms with Crippen molar-refractivity contribution in [1.82, 2.24) is 9.88 Å². The summed E-state index contributed by atoms with van der Waals surface area (Å²) in [7, 11) is 1.75. The third kappa shape index (κ3) is 4.69. The summed E-state index contributed by atoms with van der Waals surface area (Å²) in [5, 5.41) is 3.15. The van der Waals surface area contributed by atoms with Crippen LogP contribution in [0.15, 0.2) is 29.6 Å². The molecule has 0 saturated carbocycles. The predicted octanol–water partition coefficient (Wildman–Crippen LogP) is 2.80. The zero-order valence-electron chi connectivity index (χ0n) is 12.3. The number of thiazole rings is 1. The van der Waals surface area contributed by atoms with Gasteiger partial charge in [-0.15, -0.1) is 11.3 Å². The van der Waals surface area contributed by atoms with Crippen molar-refractivity contribution in [2.45, 2.75) is 13.0 Å². The van der Waals surface area contributed by atoms with E-state index in [-0.39, 0.29) is 5.91 Å². The van der Waals surface area contributed by atoms with Gasteiger partial charge in [0.15, 0.2) is 0 Å². The first kappa shape index (κ1) is 16.7. The van der Waals surface area contributed by atoms with Crippen LogP contribution in [0.4, 0.5) is 0 Å². The summed E-state index contributed by atoms with van der Waals surface area (Å²) in [6.45, 7) is 1.47. The molecule has 0 aliphatic heterocycles. The number of rotatable bonds is 7. The van der Waals surface area contributed by atoms with Gasteiger partial charge in [-0.3, -0.25) is 4.79 Å². The van der Waals surface area contributed by atoms with E-state index < -0.39 is 0 Å². The first-order valence-electron chi connectivity index (χ1n) is 6.88. The van der Waals surface area contributed by atoms with E-state index in [0.29, 0.717) is 30.4 Å². The van der Waals surface area contributed by atoms with E-state index in [2.05, 4.69) is 4.98 Å². The number of nitrogens with two attached hydrogens (primary N) is 1. The second-order valence-corrected chi connectivity index (χ2v) is 6.10. The standard InChI is InChI=1S/C15H18ClN3O2S/c1-19(15(20)13-10-22-14(9-17)18-13)6-3-7-21-12-5-2-4-11(16)8-12/h2,4-5,8,10H,3,6-7,9,17H2,1H3. The second-order valence-electron chi connectivity index (χ2n) is 4.72. The molecule has 1 aromatic heterocycles. The fraction of sp³-hybridized carbons (Fsp3) is 0.333. The van der Waals surface area contributed by atoms with Gasteiger partial charge in [0.1, 0.15) is 16.5 Å². The summed E-state index contributed by atoms with van der Waals surface area (Å²) in [5.74, 6) is 0.632. The summed E-state index contributed by atoms with van der Waals surface area (Å²) in [6, 6.07) is 7.25. The summed E-state index contributed by atoms with van der Waals surface area (Å²) in [6.07, 6.45) is 0.725. The van der Waals surface area contributed by atoms with Gasteiger partial charge < -0.3 is 15.4 Å². The molecule has 0 aliphatic rings. The largest absolute Gasteiger partial charge is 0.493 e. The van der Waals surface area contributed by atoms with E-state index >= 15 is 0 Å². The summed E-state index contributed by atoms with van der Waals surface area (Å²) in [5.41, 5.74) is 5.95. The van der Waals surface area contributed by atoms with E-state index in [1.54, 1.807) is 29.5 Å². The number of aromatic nitrogens is 1. The Bertz CT molecular complexity index is 633. The molecule has 1 heterocycles. The van der Waals surface area contributed by atoms with Gasteiger partial charge >= 0.3 is 0 Å². The number of amides is 1. The van der Waals surface area contributed by atoms with Crippen molar-refractivity contribution in [2.24, 2.45) is 5.73 Å². The molecule has 0 aliphatic carbocycles. The van der Waals surface area contributed by atoms with Crippen molar-refractivity contribution < 1.29 is 9.53 Å². The van der Waals surface area contributed by atoms with Crippen LogP contribution in [0.3, 0.4) is 0 Å². The SMILES string of the molecule is CN(CCCOc1cccc(Cl)c1)C(=O)c1csc(CN)n1. The Labute approximate surface area is 138 Å². The molecular weight excluding hydrogens is 322 g/mol. The molecule has 0 spiro atoms. The number of hydrogen-bond donors (Lipinski definition) is 1. The number of halogens is 1. The van der Waals surface area contributed by atoms with E-state index in [0.717, 1.165) is 17.2 Å². The normalized spacial score (nSPS) is 10.5. The average Bonchev–Trinajstić information content (AvgIpc) is 2.99. The molecule has 1 aromatic carbocycles. The number of hydrogen-bond acceptors (Lipinski definition) is 5. The molecule has 7 heteroatoms. The molecule has 22 heavy (non-hydrogen) atoms. The lowest BCUT2D eigenvalue weighted by molar-refractivity contribution is 0.0782. The van der Waals surface area contributed by atoms with Gasteiger partial charge in [0, 0.05) is 30.5 Å². The van der Waals surface area contributed by atoms with Crippen molar-refractivity contribution >= 4 is 28.8 Å². The molecule has 1 amide bonds. The van der Waals surface area contributed by atoms with Crippen LogP contribution in [0.5, 0.6) is 5.75 Å². The Balaban J connectivity index is 1.75. The van der Waals surface area contributed by atoms with Crippen LogP contribution >= 0.6 is 22.9 Å². The summed E-state index contributed by atoms with van der Waals surface area (Å²) < 4.78 is 5.59. The summed E-state index contributed by atoms with van der Waals surface area (Å²) in [4.78, 5) is 18.0. The van der Waals surface area contributed by atoms with Gasteiger partial charge in [-0.25, -0.2) is 4.98 Å². The first-order chi connectivity index (χ1) is 10.6. The highest BCUT2D eigenvalue weighted by atomic mass is 35.5. The lowest BCUT2D eigenvalue weighted by Crippen LogP contribution is -2.29. The maximum atomic E-state index is 12.2. The highest BCUT2D eigenvalue weighted by molar-refractivity contribution is 7.09. The van der Waals surface area contributed by atoms with Gasteiger partial charge in [0.05, 0.1) is 6.61 Å². The number of carbonyl (C=O) groups excluding carboxylic acids is 1. The van der Waals surface area contributed by atoms with Crippen LogP contribution in [0.25, 0.3) is 0 Å². The third-order valence-corrected chi connectivity index (χ3v) is 4.10. The minimum Gasteiger partial charge on any atom is -0.493 e. The van der Waals surface area contributed by atoms with Crippen LogP contribution in [0, 0.1) is 0 Å². The molecule has 0 fully saturated rings. The van der Waals surface area contributed by atoms with Gasteiger partial charge in [-0.2, -0.15) is 0 Å². The second kappa shape index (κ2) is 8.12. The van der Waals surface area contributed by atoms with Crippen LogP contribution in [0.1, 0.15) is 21.9 Å². The Kier molecular flexibility index (Phi) is 6.18. The van der Waals surface area contributed by atoms with E-state index in [1.165, 1.54) is 11.3 Å². The molecule has 0 unspecified atom stereocenters. The highest BCUT2D eigenvalue weighted by Gasteiger charge is 2.14. The molecule has 0 atom stereocenters. The van der Waals surface area contributed by atoms with Crippen molar-refractivity contribution in [3.05, 3.63) is 45.4 Å². The van der Waals surface area contributed by atoms with Gasteiger partial charge in [-0.1, -0.05) is 17.7 Å². The Morgan fingerprint density at radius 2 is 2.32 bits per heavy atom. The first-order valence-corrected chi connectivity index (χ1v) is 8.14. The Morgan fingerprint density at radius 1 is 1.50 bits per heavy atom. The topological polar surface area (TPSA) is 68.5 Å². The number of benzene rings is 1. The minimum atomic E-state index is -0.0984. The van der Waals surface area contributed by atoms with Crippen molar-refractivity contribution in [3.8, 4) is 5.75 Å². The Hall–Kier alpha value is -1.63. The summed E-state index contributed by atoms with van der Waals surface area (Å²) >= 11 is 7.29. The smallest absolute Gasteiger partial charge is 0.273 e. The van der Waals surface area contributed by atoms with Gasteiger partial charge in [-0.05, 0) is 24.6 Å². The predicted molar refractivity (Wildman–Crippen MR) is 88.5 cm³/mol. The van der Waals surface area contributed by atoms with Crippen molar-refractivity contribution in [1.29, 1.82) is 0 Å². The zero-order chi connectivity index (χ0) is 15.9. The fourth-order valence-electron chi connectivity index (χ4n) is 1.85. The van der Waals surface area contributed by atoms with E-state index in [4.69, 9.17) is 22.1 Å². The number of ether oxygens (including phenoxy) is 1. The lowest BCUT2D eigenvalue weighted by atomic mass is 10.3. The molecule has 0 radical (unpaired) electrons. The van der Waals surface area contributed by atoms with E-state index in [1.807, 2.05) is 12.1 Å². The monoisotopic (exact) mass is 339 g/mol. The molecule has 2 aromatic rings. The molecular formula is C15H18ClN3O2S. The molecule has 118 valence electrons. The average molecular weight is 340 g/mol. The van der Waals surface area contributed by atoms with E-state index in [9.17, 15) is 4.79 Å². The lowest BCUT2D eigenvalue weighted by Gasteiger charge is -2.16. The molecule has 0 bridgehead atoms. The van der Waals surface area contributed by atoms with Crippen LogP contribution in [0.2, 0.25) is 5.02 Å². The minimum absolute atomic E-state index is 0.0984. The van der Waals surface area contributed by atoms with Crippen LogP contribution in [-0.4, -0.2) is 36.0 Å². The maximum absolute atomic E-state index is 12.2. The van der Waals surface area contributed by atoms with Crippen LogP contribution < -0.4 is 10.5 Å².